The fourth-order valence-electron chi connectivity index (χ4n) is 4.54. The standard InChI is InChI=1S/C25H26Cl3N3O3/c1-15(32)30-25(9-10-25)24(34)31-11-8-22(19(14-31)18-6-7-20(27)21(28)12-18)29-23(33)17-4-2-16(13-26)3-5-17/h2-7,12,19,22H,8-11,13-14H2,1H3,(H,29,33)(H,30,32). The number of carbonyl (C=O) groups excluding carboxylic acids is 3. The van der Waals surface area contributed by atoms with E-state index in [0.29, 0.717) is 53.8 Å². The van der Waals surface area contributed by atoms with Gasteiger partial charge in [0.05, 0.1) is 10.0 Å². The van der Waals surface area contributed by atoms with Crippen LogP contribution in [0.3, 0.4) is 0 Å². The quantitative estimate of drug-likeness (QED) is 0.548. The first-order chi connectivity index (χ1) is 16.2. The van der Waals surface area contributed by atoms with Crippen molar-refractivity contribution in [3.63, 3.8) is 0 Å². The Morgan fingerprint density at radius 2 is 1.76 bits per heavy atom. The number of nitrogens with zero attached hydrogens (tertiary/aromatic N) is 1. The average molecular weight is 523 g/mol. The van der Waals surface area contributed by atoms with E-state index in [1.165, 1.54) is 6.92 Å². The first-order valence-electron chi connectivity index (χ1n) is 11.2. The number of amides is 3. The van der Waals surface area contributed by atoms with Gasteiger partial charge < -0.3 is 15.5 Å². The molecule has 1 saturated carbocycles. The number of piperidine rings is 1. The second kappa shape index (κ2) is 10.1. The lowest BCUT2D eigenvalue weighted by molar-refractivity contribution is -0.138. The molecule has 1 heterocycles. The second-order valence-electron chi connectivity index (χ2n) is 8.99. The van der Waals surface area contributed by atoms with E-state index in [-0.39, 0.29) is 29.7 Å². The molecular formula is C25H26Cl3N3O3. The van der Waals surface area contributed by atoms with Gasteiger partial charge in [-0.05, 0) is 54.7 Å². The van der Waals surface area contributed by atoms with E-state index in [0.717, 1.165) is 11.1 Å². The van der Waals surface area contributed by atoms with E-state index in [1.807, 2.05) is 18.2 Å². The van der Waals surface area contributed by atoms with Crippen molar-refractivity contribution in [3.05, 3.63) is 69.2 Å². The fourth-order valence-corrected chi connectivity index (χ4v) is 5.03. The van der Waals surface area contributed by atoms with Crippen molar-refractivity contribution in [3.8, 4) is 0 Å². The number of hydrogen-bond donors (Lipinski definition) is 2. The summed E-state index contributed by atoms with van der Waals surface area (Å²) in [5.41, 5.74) is 1.57. The molecule has 1 aliphatic carbocycles. The molecule has 1 aliphatic heterocycles. The molecule has 2 aromatic carbocycles. The highest BCUT2D eigenvalue weighted by molar-refractivity contribution is 6.42. The van der Waals surface area contributed by atoms with Crippen LogP contribution in [0.25, 0.3) is 0 Å². The first kappa shape index (κ1) is 24.8. The van der Waals surface area contributed by atoms with Crippen LogP contribution in [0.5, 0.6) is 0 Å². The smallest absolute Gasteiger partial charge is 0.251 e. The zero-order chi connectivity index (χ0) is 24.5. The second-order valence-corrected chi connectivity index (χ2v) is 10.1. The van der Waals surface area contributed by atoms with Gasteiger partial charge in [0, 0.05) is 43.4 Å². The molecule has 2 aliphatic rings. The molecule has 4 rings (SSSR count). The molecule has 0 aromatic heterocycles. The SMILES string of the molecule is CC(=O)NC1(C(=O)N2CCC(NC(=O)c3ccc(CCl)cc3)C(c3ccc(Cl)c(Cl)c3)C2)CC1. The third-order valence-corrected chi connectivity index (χ3v) is 7.58. The van der Waals surface area contributed by atoms with Gasteiger partial charge in [0.25, 0.3) is 5.91 Å². The molecule has 34 heavy (non-hydrogen) atoms. The summed E-state index contributed by atoms with van der Waals surface area (Å²) < 4.78 is 0. The third-order valence-electron chi connectivity index (χ3n) is 6.53. The highest BCUT2D eigenvalue weighted by Gasteiger charge is 2.53. The Bertz CT molecular complexity index is 1100. The number of alkyl halides is 1. The van der Waals surface area contributed by atoms with Crippen molar-refractivity contribution >= 4 is 52.5 Å². The molecule has 0 radical (unpaired) electrons. The Morgan fingerprint density at radius 3 is 2.35 bits per heavy atom. The molecule has 3 amide bonds. The molecule has 0 spiro atoms. The Hall–Kier alpha value is -2.28. The Kier molecular flexibility index (Phi) is 7.41. The minimum absolute atomic E-state index is 0.0748. The summed E-state index contributed by atoms with van der Waals surface area (Å²) in [7, 11) is 0. The molecule has 9 heteroatoms. The zero-order valence-corrected chi connectivity index (χ0v) is 21.0. The first-order valence-corrected chi connectivity index (χ1v) is 12.5. The van der Waals surface area contributed by atoms with Gasteiger partial charge in [0.1, 0.15) is 5.54 Å². The van der Waals surface area contributed by atoms with Gasteiger partial charge in [-0.1, -0.05) is 41.4 Å². The summed E-state index contributed by atoms with van der Waals surface area (Å²) in [5, 5.41) is 6.83. The number of benzene rings is 2. The van der Waals surface area contributed by atoms with E-state index < -0.39 is 5.54 Å². The van der Waals surface area contributed by atoms with Crippen LogP contribution in [0.2, 0.25) is 10.0 Å². The Balaban J connectivity index is 1.56. The third kappa shape index (κ3) is 5.35. The normalized spacial score (nSPS) is 21.0. The van der Waals surface area contributed by atoms with Gasteiger partial charge in [-0.2, -0.15) is 0 Å². The highest BCUT2D eigenvalue weighted by Crippen LogP contribution is 2.39. The monoisotopic (exact) mass is 521 g/mol. The minimum atomic E-state index is -0.797. The summed E-state index contributed by atoms with van der Waals surface area (Å²) >= 11 is 18.3. The topological polar surface area (TPSA) is 78.5 Å². The van der Waals surface area contributed by atoms with Gasteiger partial charge >= 0.3 is 0 Å². The maximum Gasteiger partial charge on any atom is 0.251 e. The summed E-state index contributed by atoms with van der Waals surface area (Å²) in [6, 6.07) is 12.3. The molecule has 1 saturated heterocycles. The fraction of sp³-hybridized carbons (Fsp3) is 0.400. The molecule has 0 bridgehead atoms. The zero-order valence-electron chi connectivity index (χ0n) is 18.7. The molecule has 2 unspecified atom stereocenters. The van der Waals surface area contributed by atoms with Crippen molar-refractivity contribution in [2.75, 3.05) is 13.1 Å². The van der Waals surface area contributed by atoms with Crippen molar-refractivity contribution < 1.29 is 14.4 Å². The van der Waals surface area contributed by atoms with Crippen LogP contribution >= 0.6 is 34.8 Å². The van der Waals surface area contributed by atoms with Crippen molar-refractivity contribution in [1.82, 2.24) is 15.5 Å². The van der Waals surface area contributed by atoms with E-state index in [2.05, 4.69) is 10.6 Å². The number of rotatable bonds is 6. The number of likely N-dealkylation sites (tertiary alicyclic amines) is 1. The number of halogens is 3. The van der Waals surface area contributed by atoms with Gasteiger partial charge in [-0.15, -0.1) is 11.6 Å². The molecule has 6 nitrogen and oxygen atoms in total. The summed E-state index contributed by atoms with van der Waals surface area (Å²) in [6.45, 7) is 2.30. The van der Waals surface area contributed by atoms with Gasteiger partial charge in [-0.3, -0.25) is 14.4 Å². The van der Waals surface area contributed by atoms with Gasteiger partial charge in [0.2, 0.25) is 11.8 Å². The molecular weight excluding hydrogens is 497 g/mol. The van der Waals surface area contributed by atoms with E-state index >= 15 is 0 Å². The van der Waals surface area contributed by atoms with Crippen LogP contribution in [0.15, 0.2) is 42.5 Å². The summed E-state index contributed by atoms with van der Waals surface area (Å²) in [4.78, 5) is 39.7. The molecule has 2 atom stereocenters. The summed E-state index contributed by atoms with van der Waals surface area (Å²) in [5.74, 6) is -0.281. The lowest BCUT2D eigenvalue weighted by atomic mass is 9.85. The predicted octanol–water partition coefficient (Wildman–Crippen LogP) is 4.52. The van der Waals surface area contributed by atoms with Crippen LogP contribution in [0, 0.1) is 0 Å². The average Bonchev–Trinajstić information content (AvgIpc) is 3.60. The summed E-state index contributed by atoms with van der Waals surface area (Å²) in [6.07, 6.45) is 1.84. The van der Waals surface area contributed by atoms with Gasteiger partial charge in [-0.25, -0.2) is 0 Å². The largest absolute Gasteiger partial charge is 0.349 e. The number of carbonyl (C=O) groups is 3. The van der Waals surface area contributed by atoms with Gasteiger partial charge in [0.15, 0.2) is 0 Å². The van der Waals surface area contributed by atoms with E-state index in [9.17, 15) is 14.4 Å². The number of hydrogen-bond acceptors (Lipinski definition) is 3. The molecule has 180 valence electrons. The van der Waals surface area contributed by atoms with E-state index in [4.69, 9.17) is 34.8 Å². The molecule has 2 N–H and O–H groups in total. The van der Waals surface area contributed by atoms with Crippen molar-refractivity contribution in [1.29, 1.82) is 0 Å². The van der Waals surface area contributed by atoms with E-state index in [1.54, 1.807) is 29.2 Å². The van der Waals surface area contributed by atoms with Crippen molar-refractivity contribution in [2.24, 2.45) is 0 Å². The molecule has 2 fully saturated rings. The van der Waals surface area contributed by atoms with Crippen LogP contribution in [0.4, 0.5) is 0 Å². The van der Waals surface area contributed by atoms with Crippen molar-refractivity contribution in [2.45, 2.75) is 49.6 Å². The maximum atomic E-state index is 13.3. The predicted molar refractivity (Wildman–Crippen MR) is 133 cm³/mol. The van der Waals surface area contributed by atoms with Crippen LogP contribution in [-0.2, 0) is 15.5 Å². The molecule has 2 aromatic rings. The Morgan fingerprint density at radius 1 is 1.06 bits per heavy atom. The number of nitrogens with one attached hydrogen (secondary N) is 2. The maximum absolute atomic E-state index is 13.3. The lowest BCUT2D eigenvalue weighted by Gasteiger charge is -2.40. The van der Waals surface area contributed by atoms with Crippen LogP contribution in [0.1, 0.15) is 53.6 Å². The van der Waals surface area contributed by atoms with Crippen LogP contribution in [-0.4, -0.2) is 47.3 Å². The highest BCUT2D eigenvalue weighted by atomic mass is 35.5. The minimum Gasteiger partial charge on any atom is -0.349 e. The lowest BCUT2D eigenvalue weighted by Crippen LogP contribution is -2.56. The van der Waals surface area contributed by atoms with Crippen LogP contribution < -0.4 is 10.6 Å². The Labute approximate surface area is 213 Å².